The van der Waals surface area contributed by atoms with E-state index in [2.05, 4.69) is 15.5 Å². The number of imidazole rings is 1. The van der Waals surface area contributed by atoms with E-state index in [0.717, 1.165) is 5.56 Å². The van der Waals surface area contributed by atoms with E-state index < -0.39 is 6.09 Å². The summed E-state index contributed by atoms with van der Waals surface area (Å²) in [6.07, 6.45) is 4.61. The molecule has 3 aromatic heterocycles. The first-order valence-corrected chi connectivity index (χ1v) is 7.16. The number of hydrogen-bond acceptors (Lipinski definition) is 6. The zero-order valence-electron chi connectivity index (χ0n) is 10.9. The molecule has 21 heavy (non-hydrogen) atoms. The smallest absolute Gasteiger partial charge is 0.388 e. The average molecular weight is 304 g/mol. The van der Waals surface area contributed by atoms with Crippen LogP contribution >= 0.6 is 11.3 Å². The number of hydrogen-bond donors (Lipinski definition) is 1. The van der Waals surface area contributed by atoms with Crippen LogP contribution in [0, 0.1) is 0 Å². The molecule has 0 radical (unpaired) electrons. The quantitative estimate of drug-likeness (QED) is 0.782. The van der Waals surface area contributed by atoms with E-state index in [1.54, 1.807) is 29.9 Å². The monoisotopic (exact) mass is 304 g/mol. The van der Waals surface area contributed by atoms with Gasteiger partial charge in [0, 0.05) is 36.4 Å². The summed E-state index contributed by atoms with van der Waals surface area (Å²) in [7, 11) is 0. The Kier molecular flexibility index (Phi) is 3.97. The second kappa shape index (κ2) is 6.23. The maximum Gasteiger partial charge on any atom is 0.414 e. The average Bonchev–Trinajstić information content (AvgIpc) is 3.21. The molecule has 0 saturated heterocycles. The van der Waals surface area contributed by atoms with Gasteiger partial charge in [-0.2, -0.15) is 11.3 Å². The number of carbonyl (C=O) groups excluding carboxylic acids is 1. The van der Waals surface area contributed by atoms with Crippen molar-refractivity contribution in [3.8, 4) is 17.2 Å². The van der Waals surface area contributed by atoms with Crippen molar-refractivity contribution in [3.05, 3.63) is 41.6 Å². The van der Waals surface area contributed by atoms with Gasteiger partial charge in [0.15, 0.2) is 5.76 Å². The van der Waals surface area contributed by atoms with Crippen LogP contribution in [0.2, 0.25) is 0 Å². The number of aromatic nitrogens is 3. The zero-order chi connectivity index (χ0) is 14.5. The van der Waals surface area contributed by atoms with E-state index in [-0.39, 0.29) is 5.88 Å². The van der Waals surface area contributed by atoms with Crippen LogP contribution in [0.15, 0.2) is 46.1 Å². The van der Waals surface area contributed by atoms with Crippen LogP contribution in [0.4, 0.5) is 4.79 Å². The van der Waals surface area contributed by atoms with Gasteiger partial charge < -0.3 is 19.1 Å². The molecule has 3 aromatic rings. The highest BCUT2D eigenvalue weighted by molar-refractivity contribution is 7.08. The lowest BCUT2D eigenvalue weighted by Gasteiger charge is -2.04. The zero-order valence-corrected chi connectivity index (χ0v) is 11.7. The third-order valence-electron chi connectivity index (χ3n) is 2.69. The Morgan fingerprint density at radius 1 is 1.52 bits per heavy atom. The minimum absolute atomic E-state index is 0.135. The van der Waals surface area contributed by atoms with E-state index in [1.807, 2.05) is 27.6 Å². The van der Waals surface area contributed by atoms with Gasteiger partial charge in [-0.05, 0) is 16.6 Å². The highest BCUT2D eigenvalue weighted by atomic mass is 32.1. The van der Waals surface area contributed by atoms with Gasteiger partial charge in [0.05, 0.1) is 12.4 Å². The Morgan fingerprint density at radius 3 is 3.24 bits per heavy atom. The molecule has 8 heteroatoms. The standard InChI is InChI=1S/C13H12N4O3S/c18-13(15-3-5-17-4-2-14-9-17)19-12-7-11(20-16-12)10-1-6-21-8-10/h1-2,4,6-9H,3,5H2,(H,15,18). The van der Waals surface area contributed by atoms with Gasteiger partial charge in [-0.1, -0.05) is 0 Å². The van der Waals surface area contributed by atoms with Gasteiger partial charge in [0.25, 0.3) is 5.88 Å². The first-order chi connectivity index (χ1) is 10.3. The van der Waals surface area contributed by atoms with Gasteiger partial charge >= 0.3 is 6.09 Å². The Balaban J connectivity index is 1.48. The molecule has 0 aliphatic rings. The maximum atomic E-state index is 11.6. The molecule has 0 spiro atoms. The predicted octanol–water partition coefficient (Wildman–Crippen LogP) is 2.39. The van der Waals surface area contributed by atoms with Gasteiger partial charge in [0.2, 0.25) is 0 Å². The summed E-state index contributed by atoms with van der Waals surface area (Å²) in [6, 6.07) is 3.48. The van der Waals surface area contributed by atoms with Crippen LogP contribution < -0.4 is 10.1 Å². The highest BCUT2D eigenvalue weighted by Crippen LogP contribution is 2.25. The van der Waals surface area contributed by atoms with Crippen molar-refractivity contribution in [2.45, 2.75) is 6.54 Å². The number of rotatable bonds is 5. The van der Waals surface area contributed by atoms with Crippen LogP contribution in [-0.2, 0) is 6.54 Å². The molecular weight excluding hydrogens is 292 g/mol. The highest BCUT2D eigenvalue weighted by Gasteiger charge is 2.11. The molecule has 0 atom stereocenters. The van der Waals surface area contributed by atoms with Crippen molar-refractivity contribution >= 4 is 17.4 Å². The molecule has 0 unspecified atom stereocenters. The van der Waals surface area contributed by atoms with Crippen molar-refractivity contribution in [2.75, 3.05) is 6.54 Å². The summed E-state index contributed by atoms with van der Waals surface area (Å²) >= 11 is 1.55. The van der Waals surface area contributed by atoms with E-state index in [0.29, 0.717) is 18.8 Å². The van der Waals surface area contributed by atoms with Crippen LogP contribution in [0.25, 0.3) is 11.3 Å². The number of carbonyl (C=O) groups is 1. The van der Waals surface area contributed by atoms with Crippen LogP contribution in [0.5, 0.6) is 5.88 Å². The van der Waals surface area contributed by atoms with Crippen LogP contribution in [0.3, 0.4) is 0 Å². The van der Waals surface area contributed by atoms with E-state index in [9.17, 15) is 4.79 Å². The maximum absolute atomic E-state index is 11.6. The minimum Gasteiger partial charge on any atom is -0.388 e. The topological polar surface area (TPSA) is 82.2 Å². The number of amides is 1. The molecular formula is C13H12N4O3S. The largest absolute Gasteiger partial charge is 0.414 e. The normalized spacial score (nSPS) is 10.5. The molecule has 1 amide bonds. The third kappa shape index (κ3) is 3.48. The van der Waals surface area contributed by atoms with Crippen molar-refractivity contribution in [1.82, 2.24) is 20.0 Å². The summed E-state index contributed by atoms with van der Waals surface area (Å²) in [6.45, 7) is 1.05. The first kappa shape index (κ1) is 13.4. The number of nitrogens with zero attached hydrogens (tertiary/aromatic N) is 3. The summed E-state index contributed by atoms with van der Waals surface area (Å²) in [5, 5.41) is 10.2. The Labute approximate surface area is 124 Å². The predicted molar refractivity (Wildman–Crippen MR) is 76.1 cm³/mol. The van der Waals surface area contributed by atoms with Crippen molar-refractivity contribution < 1.29 is 14.1 Å². The Morgan fingerprint density at radius 2 is 2.48 bits per heavy atom. The number of thiophene rings is 1. The summed E-state index contributed by atoms with van der Waals surface area (Å²) < 4.78 is 12.0. The van der Waals surface area contributed by atoms with E-state index >= 15 is 0 Å². The molecule has 7 nitrogen and oxygen atoms in total. The summed E-state index contributed by atoms with van der Waals surface area (Å²) in [4.78, 5) is 15.5. The molecule has 0 aliphatic heterocycles. The second-order valence-corrected chi connectivity index (χ2v) is 4.94. The van der Waals surface area contributed by atoms with Gasteiger partial charge in [-0.3, -0.25) is 0 Å². The molecule has 0 saturated carbocycles. The van der Waals surface area contributed by atoms with Crippen molar-refractivity contribution in [2.24, 2.45) is 0 Å². The van der Waals surface area contributed by atoms with Gasteiger partial charge in [-0.15, -0.1) is 0 Å². The lowest BCUT2D eigenvalue weighted by molar-refractivity contribution is 0.195. The fraction of sp³-hybridized carbons (Fsp3) is 0.154. The van der Waals surface area contributed by atoms with Crippen LogP contribution in [-0.4, -0.2) is 27.3 Å². The van der Waals surface area contributed by atoms with Crippen molar-refractivity contribution in [3.63, 3.8) is 0 Å². The lowest BCUT2D eigenvalue weighted by Crippen LogP contribution is -2.29. The minimum atomic E-state index is -0.569. The van der Waals surface area contributed by atoms with Crippen LogP contribution in [0.1, 0.15) is 0 Å². The van der Waals surface area contributed by atoms with E-state index in [4.69, 9.17) is 9.26 Å². The number of nitrogens with one attached hydrogen (secondary N) is 1. The molecule has 0 aliphatic carbocycles. The molecule has 0 aromatic carbocycles. The molecule has 1 N–H and O–H groups in total. The fourth-order valence-electron chi connectivity index (χ4n) is 1.68. The fourth-order valence-corrected chi connectivity index (χ4v) is 2.33. The molecule has 3 heterocycles. The molecule has 0 fully saturated rings. The molecule has 0 bridgehead atoms. The first-order valence-electron chi connectivity index (χ1n) is 6.22. The molecule has 3 rings (SSSR count). The van der Waals surface area contributed by atoms with Crippen molar-refractivity contribution in [1.29, 1.82) is 0 Å². The van der Waals surface area contributed by atoms with Gasteiger partial charge in [0.1, 0.15) is 0 Å². The summed E-state index contributed by atoms with van der Waals surface area (Å²) in [5.74, 6) is 0.703. The Bertz CT molecular complexity index is 691. The number of ether oxygens (including phenoxy) is 1. The Hall–Kier alpha value is -2.61. The SMILES string of the molecule is O=C(NCCn1ccnc1)Oc1cc(-c2ccsc2)on1. The third-order valence-corrected chi connectivity index (χ3v) is 3.37. The van der Waals surface area contributed by atoms with E-state index in [1.165, 1.54) is 0 Å². The second-order valence-electron chi connectivity index (χ2n) is 4.16. The lowest BCUT2D eigenvalue weighted by atomic mass is 10.3. The molecule has 108 valence electrons. The van der Waals surface area contributed by atoms with Gasteiger partial charge in [-0.25, -0.2) is 9.78 Å². The summed E-state index contributed by atoms with van der Waals surface area (Å²) in [5.41, 5.74) is 0.905.